The summed E-state index contributed by atoms with van der Waals surface area (Å²) >= 11 is 9.20. The van der Waals surface area contributed by atoms with Crippen molar-refractivity contribution >= 4 is 50.5 Å². The van der Waals surface area contributed by atoms with Gasteiger partial charge in [-0.1, -0.05) is 0 Å². The number of fused-ring (bicyclic) bond motifs is 1. The summed E-state index contributed by atoms with van der Waals surface area (Å²) in [6.45, 7) is 5.23. The maximum atomic E-state index is 11.9. The van der Waals surface area contributed by atoms with Gasteiger partial charge in [-0.15, -0.1) is 0 Å². The summed E-state index contributed by atoms with van der Waals surface area (Å²) in [5.74, 6) is 0.127. The Morgan fingerprint density at radius 2 is 2.09 bits per heavy atom. The van der Waals surface area contributed by atoms with Crippen LogP contribution in [0.1, 0.15) is 26.3 Å². The molecule has 2 heterocycles. The lowest BCUT2D eigenvalue weighted by Gasteiger charge is -2.19. The molecule has 22 heavy (non-hydrogen) atoms. The quantitative estimate of drug-likeness (QED) is 0.756. The van der Waals surface area contributed by atoms with Crippen LogP contribution in [-0.2, 0) is 11.8 Å². The lowest BCUT2D eigenvalue weighted by molar-refractivity contribution is 0.0635. The van der Waals surface area contributed by atoms with Crippen molar-refractivity contribution in [1.29, 1.82) is 5.26 Å². The molecule has 1 amide bonds. The van der Waals surface area contributed by atoms with Crippen molar-refractivity contribution in [3.05, 3.63) is 15.5 Å². The summed E-state index contributed by atoms with van der Waals surface area (Å²) < 4.78 is 7.35. The zero-order chi connectivity index (χ0) is 16.7. The van der Waals surface area contributed by atoms with Gasteiger partial charge in [0.2, 0.25) is 5.28 Å². The number of amides is 1. The fraction of sp³-hybridized carbons (Fsp3) is 0.385. The van der Waals surface area contributed by atoms with Crippen molar-refractivity contribution in [2.24, 2.45) is 7.05 Å². The van der Waals surface area contributed by atoms with Crippen molar-refractivity contribution in [3.63, 3.8) is 0 Å². The number of hydrogen-bond donors (Lipinski definition) is 1. The van der Waals surface area contributed by atoms with Gasteiger partial charge in [0.05, 0.1) is 10.9 Å². The minimum Gasteiger partial charge on any atom is -0.444 e. The highest BCUT2D eigenvalue weighted by molar-refractivity contribution is 9.10. The molecule has 0 aliphatic rings. The van der Waals surface area contributed by atoms with E-state index in [1.807, 2.05) is 0 Å². The Hall–Kier alpha value is -1.85. The summed E-state index contributed by atoms with van der Waals surface area (Å²) in [6, 6.07) is 2.06. The molecule has 0 aromatic carbocycles. The van der Waals surface area contributed by atoms with Gasteiger partial charge < -0.3 is 9.30 Å². The number of anilines is 1. The van der Waals surface area contributed by atoms with Crippen LogP contribution in [0.2, 0.25) is 5.28 Å². The number of ether oxygens (including phenoxy) is 1. The molecule has 7 nitrogen and oxygen atoms in total. The molecule has 0 spiro atoms. The minimum atomic E-state index is -0.688. The Bertz CT molecular complexity index is 804. The maximum Gasteiger partial charge on any atom is 0.413 e. The van der Waals surface area contributed by atoms with Crippen LogP contribution < -0.4 is 5.32 Å². The van der Waals surface area contributed by atoms with Crippen LogP contribution in [0.15, 0.2) is 4.60 Å². The zero-order valence-electron chi connectivity index (χ0n) is 12.4. The summed E-state index contributed by atoms with van der Waals surface area (Å²) in [4.78, 5) is 20.0. The number of rotatable bonds is 1. The van der Waals surface area contributed by atoms with Gasteiger partial charge in [-0.05, 0) is 48.3 Å². The summed E-state index contributed by atoms with van der Waals surface area (Å²) in [5, 5.41) is 12.2. The topological polar surface area (TPSA) is 92.8 Å². The number of aromatic nitrogens is 3. The second-order valence-electron chi connectivity index (χ2n) is 5.50. The first kappa shape index (κ1) is 16.5. The summed E-state index contributed by atoms with van der Waals surface area (Å²) in [7, 11) is 1.72. The third-order valence-corrected chi connectivity index (χ3v) is 3.76. The molecule has 0 fully saturated rings. The number of nitrogens with one attached hydrogen (secondary N) is 1. The average molecular weight is 387 g/mol. The van der Waals surface area contributed by atoms with Crippen LogP contribution in [0, 0.1) is 11.3 Å². The SMILES string of the molecule is Cn1c(Br)c(C#N)c2c(NC(=O)OC(C)(C)C)nc(Cl)nc21. The number of carbonyl (C=O) groups excluding carboxylic acids is 1. The lowest BCUT2D eigenvalue weighted by Crippen LogP contribution is -2.27. The van der Waals surface area contributed by atoms with Gasteiger partial charge in [-0.3, -0.25) is 5.32 Å². The first-order valence-electron chi connectivity index (χ1n) is 6.25. The van der Waals surface area contributed by atoms with Crippen LogP contribution in [-0.4, -0.2) is 26.2 Å². The number of aryl methyl sites for hydroxylation is 1. The number of nitrogens with zero attached hydrogens (tertiary/aromatic N) is 4. The monoisotopic (exact) mass is 385 g/mol. The van der Waals surface area contributed by atoms with Gasteiger partial charge >= 0.3 is 6.09 Å². The van der Waals surface area contributed by atoms with E-state index in [2.05, 4.69) is 37.3 Å². The minimum absolute atomic E-state index is 0.0452. The van der Waals surface area contributed by atoms with Crippen LogP contribution in [0.3, 0.4) is 0 Å². The van der Waals surface area contributed by atoms with E-state index < -0.39 is 11.7 Å². The largest absolute Gasteiger partial charge is 0.444 e. The molecule has 2 aromatic heterocycles. The fourth-order valence-electron chi connectivity index (χ4n) is 1.85. The van der Waals surface area contributed by atoms with Crippen LogP contribution in [0.4, 0.5) is 10.6 Å². The van der Waals surface area contributed by atoms with E-state index in [1.165, 1.54) is 0 Å². The number of nitriles is 1. The Morgan fingerprint density at radius 1 is 1.45 bits per heavy atom. The third-order valence-electron chi connectivity index (χ3n) is 2.66. The van der Waals surface area contributed by atoms with E-state index in [1.54, 1.807) is 32.4 Å². The molecule has 0 saturated heterocycles. The molecule has 0 aliphatic carbocycles. The molecule has 0 aliphatic heterocycles. The first-order chi connectivity index (χ1) is 10.1. The first-order valence-corrected chi connectivity index (χ1v) is 7.42. The Kier molecular flexibility index (Phi) is 4.31. The lowest BCUT2D eigenvalue weighted by atomic mass is 10.2. The summed E-state index contributed by atoms with van der Waals surface area (Å²) in [6.07, 6.45) is -0.688. The molecule has 0 unspecified atom stereocenters. The predicted molar refractivity (Wildman–Crippen MR) is 85.8 cm³/mol. The Morgan fingerprint density at radius 3 is 2.64 bits per heavy atom. The van der Waals surface area contributed by atoms with Crippen molar-refractivity contribution in [3.8, 4) is 6.07 Å². The van der Waals surface area contributed by atoms with Gasteiger partial charge in [0, 0.05) is 7.05 Å². The van der Waals surface area contributed by atoms with Crippen molar-refractivity contribution in [2.45, 2.75) is 26.4 Å². The summed E-state index contributed by atoms with van der Waals surface area (Å²) in [5.41, 5.74) is 0.0738. The highest BCUT2D eigenvalue weighted by atomic mass is 79.9. The van der Waals surface area contributed by atoms with Gasteiger partial charge in [0.25, 0.3) is 0 Å². The molecule has 2 rings (SSSR count). The predicted octanol–water partition coefficient (Wildman–Crippen LogP) is 3.60. The fourth-order valence-corrected chi connectivity index (χ4v) is 2.47. The normalized spacial score (nSPS) is 11.3. The van der Waals surface area contributed by atoms with Crippen LogP contribution in [0.25, 0.3) is 11.0 Å². The van der Waals surface area contributed by atoms with E-state index in [9.17, 15) is 10.1 Å². The molecular weight excluding hydrogens is 374 g/mol. The highest BCUT2D eigenvalue weighted by Crippen LogP contribution is 2.33. The number of hydrogen-bond acceptors (Lipinski definition) is 5. The van der Waals surface area contributed by atoms with Crippen molar-refractivity contribution in [1.82, 2.24) is 14.5 Å². The third kappa shape index (κ3) is 3.15. The Balaban J connectivity index is 2.57. The van der Waals surface area contributed by atoms with Gasteiger partial charge in [-0.25, -0.2) is 4.79 Å². The van der Waals surface area contributed by atoms with Gasteiger partial charge in [-0.2, -0.15) is 15.2 Å². The average Bonchev–Trinajstić information content (AvgIpc) is 2.60. The second kappa shape index (κ2) is 5.74. The molecular formula is C13H13BrClN5O2. The second-order valence-corrected chi connectivity index (χ2v) is 6.59. The molecule has 9 heteroatoms. The van der Waals surface area contributed by atoms with Crippen LogP contribution >= 0.6 is 27.5 Å². The molecule has 1 N–H and O–H groups in total. The zero-order valence-corrected chi connectivity index (χ0v) is 14.7. The van der Waals surface area contributed by atoms with E-state index in [-0.39, 0.29) is 11.1 Å². The molecule has 0 atom stereocenters. The van der Waals surface area contributed by atoms with E-state index in [0.717, 1.165) is 0 Å². The van der Waals surface area contributed by atoms with E-state index in [0.29, 0.717) is 21.2 Å². The molecule has 0 radical (unpaired) electrons. The van der Waals surface area contributed by atoms with Crippen molar-refractivity contribution in [2.75, 3.05) is 5.32 Å². The molecule has 2 aromatic rings. The Labute approximate surface area is 140 Å². The molecule has 0 bridgehead atoms. The van der Waals surface area contributed by atoms with E-state index in [4.69, 9.17) is 16.3 Å². The standard InChI is InChI=1S/C13H13BrClN5O2/c1-13(2,3)22-12(21)18-9-7-6(5-16)8(14)20(4)10(7)19-11(15)17-9/h1-4H3,(H,17,18,19,21). The highest BCUT2D eigenvalue weighted by Gasteiger charge is 2.23. The molecule has 116 valence electrons. The smallest absolute Gasteiger partial charge is 0.413 e. The van der Waals surface area contributed by atoms with Gasteiger partial charge in [0.15, 0.2) is 5.82 Å². The van der Waals surface area contributed by atoms with Crippen molar-refractivity contribution < 1.29 is 9.53 Å². The van der Waals surface area contributed by atoms with Gasteiger partial charge in [0.1, 0.15) is 21.9 Å². The van der Waals surface area contributed by atoms with E-state index >= 15 is 0 Å². The van der Waals surface area contributed by atoms with Crippen LogP contribution in [0.5, 0.6) is 0 Å². The number of carbonyl (C=O) groups is 1. The number of halogens is 2. The molecule has 0 saturated carbocycles. The maximum absolute atomic E-state index is 11.9.